The lowest BCUT2D eigenvalue weighted by Gasteiger charge is -2.31. The van der Waals surface area contributed by atoms with Crippen molar-refractivity contribution in [3.63, 3.8) is 0 Å². The number of benzene rings is 2. The fourth-order valence-electron chi connectivity index (χ4n) is 10.9. The number of likely N-dealkylation sites (tertiary alicyclic amines) is 1. The summed E-state index contributed by atoms with van der Waals surface area (Å²) in [5.41, 5.74) is 33.6. The number of phenols is 2. The number of aliphatic hydroxyl groups excluding tert-OH is 2. The number of aliphatic carboxylic acids is 3. The van der Waals surface area contributed by atoms with Gasteiger partial charge in [-0.1, -0.05) is 24.3 Å². The Bertz CT molecular complexity index is 3630. The van der Waals surface area contributed by atoms with E-state index in [0.29, 0.717) is 11.1 Å². The Morgan fingerprint density at radius 3 is 1.37 bits per heavy atom. The van der Waals surface area contributed by atoms with Crippen LogP contribution >= 0.6 is 12.6 Å². The number of rotatable bonds is 48. The van der Waals surface area contributed by atoms with Crippen LogP contribution in [0.1, 0.15) is 109 Å². The van der Waals surface area contributed by atoms with E-state index in [1.165, 1.54) is 48.5 Å². The summed E-state index contributed by atoms with van der Waals surface area (Å²) in [5.74, 6) is -22.1. The number of nitrogens with two attached hydrogens (primary N) is 6. The number of phenolic OH excluding ortho intramolecular Hbond substituents is 2. The third-order valence-electron chi connectivity index (χ3n) is 16.8. The predicted molar refractivity (Wildman–Crippen MR) is 388 cm³/mol. The molecule has 2 aromatic carbocycles. The molecular weight excluding hydrogens is 1470 g/mol. The number of aliphatic hydroxyl groups is 2. The predicted octanol–water partition coefficient (Wildman–Crippen LogP) is -9.40. The lowest BCUT2D eigenvalue weighted by Crippen LogP contribution is -2.62. The Balaban J connectivity index is 1.89. The van der Waals surface area contributed by atoms with Gasteiger partial charge in [-0.05, 0) is 114 Å². The van der Waals surface area contributed by atoms with E-state index in [-0.39, 0.29) is 101 Å². The number of carboxylic acid groups (broad SMARTS) is 3. The number of amides is 14. The Morgan fingerprint density at radius 1 is 0.491 bits per heavy atom. The van der Waals surface area contributed by atoms with Gasteiger partial charge in [0.15, 0.2) is 5.96 Å². The quantitative estimate of drug-likeness (QED) is 0.0127. The smallest absolute Gasteiger partial charge is 0.326 e. The number of primary amides is 2. The summed E-state index contributed by atoms with van der Waals surface area (Å²) in [6, 6.07) is -11.7. The van der Waals surface area contributed by atoms with Crippen molar-refractivity contribution < 1.29 is 117 Å². The standard InChI is InChI=1S/C66H99N19O24S/c1-30(53(96)78-42(26-47(69)90)58(101)80-43(27-48(70)91)57(100)77-40(65(108)109)9-6-22-73-66(71)72)74-62(105)51(31(2)86)83-60(103)44(28-50(94)95)81-56(99)39(19-20-49(92)93)75-55(98)38(8-4-5-21-67)76-61(104)46-10-7-23-85(46)64(107)45(25-34-13-17-36(89)18-14-34)82-63(106)52(32(3)87)84-59(102)41(79-54(97)37(68)29-110)24-33-11-15-35(88)16-12-33/h11-18,30-32,37-46,51-52,86-89,110H,4-10,19-29,67-68H2,1-3H3,(H2,69,90)(H2,70,91)(H,74,105)(H,75,98)(H,76,104)(H,77,100)(H,78,96)(H,79,97)(H,80,101)(H,81,99)(H,82,106)(H,83,103)(H,84,102)(H,92,93)(H,94,95)(H,108,109)(H4,71,72,73). The molecule has 14 amide bonds. The molecule has 110 heavy (non-hydrogen) atoms. The molecule has 44 heteroatoms. The van der Waals surface area contributed by atoms with Gasteiger partial charge >= 0.3 is 17.9 Å². The van der Waals surface area contributed by atoms with E-state index in [1.54, 1.807) is 0 Å². The molecule has 0 spiro atoms. The number of carbonyl (C=O) groups is 17. The summed E-state index contributed by atoms with van der Waals surface area (Å²) in [4.78, 5) is 233. The van der Waals surface area contributed by atoms with Crippen molar-refractivity contribution >= 4 is 119 Å². The minimum atomic E-state index is -2.22. The summed E-state index contributed by atoms with van der Waals surface area (Å²) < 4.78 is 0. The molecule has 3 rings (SSSR count). The highest BCUT2D eigenvalue weighted by Crippen LogP contribution is 2.22. The Morgan fingerprint density at radius 2 is 0.909 bits per heavy atom. The summed E-state index contributed by atoms with van der Waals surface area (Å²) in [6.07, 6.45) is -8.98. The van der Waals surface area contributed by atoms with Crippen molar-refractivity contribution in [1.29, 1.82) is 0 Å². The summed E-state index contributed by atoms with van der Waals surface area (Å²) in [6.45, 7) is 2.99. The van der Waals surface area contributed by atoms with Crippen LogP contribution in [0, 0.1) is 0 Å². The second-order valence-electron chi connectivity index (χ2n) is 25.8. The van der Waals surface area contributed by atoms with Crippen molar-refractivity contribution in [2.75, 3.05) is 25.4 Å². The van der Waals surface area contributed by atoms with E-state index >= 15 is 0 Å². The number of unbranched alkanes of at least 4 members (excludes halogenated alkanes) is 1. The van der Waals surface area contributed by atoms with Gasteiger partial charge in [0, 0.05) is 38.1 Å². The summed E-state index contributed by atoms with van der Waals surface area (Å²) in [7, 11) is 0. The first-order valence-electron chi connectivity index (χ1n) is 34.6. The molecule has 608 valence electrons. The van der Waals surface area contributed by atoms with Gasteiger partial charge in [0.25, 0.3) is 0 Å². The number of carboxylic acids is 3. The minimum Gasteiger partial charge on any atom is -0.508 e. The van der Waals surface area contributed by atoms with Gasteiger partial charge in [-0.3, -0.25) is 81.7 Å². The SMILES string of the molecule is CC(NC(=O)C(NC(=O)C(CC(=O)O)NC(=O)C(CCC(=O)O)NC(=O)C(CCCCN)NC(=O)C1CCCN1C(=O)C(Cc1ccc(O)cc1)NC(=O)C(NC(=O)C(Cc1ccc(O)cc1)NC(=O)C(N)CS)C(C)O)C(C)O)C(=O)NC(CC(N)=O)C(=O)NC(CC(N)=O)C(=O)NC(CCCN=C(N)N)C(=O)O. The summed E-state index contributed by atoms with van der Waals surface area (Å²) in [5, 5.41) is 95.9. The van der Waals surface area contributed by atoms with Crippen LogP contribution in [0.4, 0.5) is 0 Å². The number of thiol groups is 1. The van der Waals surface area contributed by atoms with Gasteiger partial charge in [0.05, 0.1) is 37.5 Å². The van der Waals surface area contributed by atoms with E-state index in [1.807, 2.05) is 5.32 Å². The first kappa shape index (κ1) is 92.7. The Labute approximate surface area is 634 Å². The highest BCUT2D eigenvalue weighted by molar-refractivity contribution is 7.80. The lowest BCUT2D eigenvalue weighted by atomic mass is 10.0. The average Bonchev–Trinajstić information content (AvgIpc) is 1.58. The second-order valence-corrected chi connectivity index (χ2v) is 26.2. The van der Waals surface area contributed by atoms with E-state index in [2.05, 4.69) is 70.8 Å². The van der Waals surface area contributed by atoms with Crippen LogP contribution in [0.5, 0.6) is 11.5 Å². The van der Waals surface area contributed by atoms with Crippen molar-refractivity contribution in [2.45, 2.75) is 201 Å². The van der Waals surface area contributed by atoms with E-state index in [4.69, 9.17) is 34.4 Å². The van der Waals surface area contributed by atoms with Crippen LogP contribution in [-0.2, 0) is 94.3 Å². The van der Waals surface area contributed by atoms with Crippen LogP contribution in [0.3, 0.4) is 0 Å². The van der Waals surface area contributed by atoms with Gasteiger partial charge in [0.1, 0.15) is 84.0 Å². The molecular formula is C66H99N19O24S. The molecule has 0 bridgehead atoms. The monoisotopic (exact) mass is 1570 g/mol. The zero-order valence-electron chi connectivity index (χ0n) is 60.4. The normalized spacial score (nSPS) is 16.2. The van der Waals surface area contributed by atoms with Crippen LogP contribution < -0.4 is 92.9 Å². The Hall–Kier alpha value is -11.5. The van der Waals surface area contributed by atoms with E-state index in [9.17, 15) is 117 Å². The molecule has 0 aromatic heterocycles. The van der Waals surface area contributed by atoms with Crippen LogP contribution in [0.15, 0.2) is 53.5 Å². The van der Waals surface area contributed by atoms with Gasteiger partial charge < -0.3 is 134 Å². The number of carbonyl (C=O) groups excluding carboxylic acids is 14. The molecule has 2 aromatic rings. The first-order chi connectivity index (χ1) is 51.7. The molecule has 0 saturated carbocycles. The van der Waals surface area contributed by atoms with Crippen LogP contribution in [-0.4, -0.2) is 263 Å². The minimum absolute atomic E-state index is 0.0302. The first-order valence-corrected chi connectivity index (χ1v) is 35.2. The second kappa shape index (κ2) is 46.0. The van der Waals surface area contributed by atoms with Crippen molar-refractivity contribution in [2.24, 2.45) is 39.4 Å². The molecule has 1 aliphatic heterocycles. The molecule has 1 aliphatic rings. The third-order valence-corrected chi connectivity index (χ3v) is 17.2. The number of nitrogens with zero attached hydrogens (tertiary/aromatic N) is 2. The van der Waals surface area contributed by atoms with Crippen LogP contribution in [0.2, 0.25) is 0 Å². The number of aromatic hydroxyl groups is 2. The Kier molecular flexibility index (Phi) is 38.8. The van der Waals surface area contributed by atoms with Crippen molar-refractivity contribution in [3.8, 4) is 11.5 Å². The van der Waals surface area contributed by atoms with Gasteiger partial charge in [-0.2, -0.15) is 12.6 Å². The molecule has 0 aliphatic carbocycles. The topological polar surface area (TPSA) is 736 Å². The van der Waals surface area contributed by atoms with Crippen LogP contribution in [0.25, 0.3) is 0 Å². The molecule has 1 saturated heterocycles. The number of aliphatic imine (C=N–C) groups is 1. The molecule has 30 N–H and O–H groups in total. The summed E-state index contributed by atoms with van der Waals surface area (Å²) >= 11 is 4.04. The number of guanidine groups is 1. The van der Waals surface area contributed by atoms with E-state index in [0.717, 1.165) is 25.7 Å². The highest BCUT2D eigenvalue weighted by atomic mass is 32.1. The zero-order chi connectivity index (χ0) is 82.8. The molecule has 43 nitrogen and oxygen atoms in total. The van der Waals surface area contributed by atoms with Crippen molar-refractivity contribution in [1.82, 2.24) is 63.4 Å². The molecule has 15 atom stereocenters. The highest BCUT2D eigenvalue weighted by Gasteiger charge is 2.42. The van der Waals surface area contributed by atoms with Gasteiger partial charge in [-0.25, -0.2) is 4.79 Å². The number of nitrogens with one attached hydrogen (secondary N) is 11. The molecule has 1 heterocycles. The molecule has 1 fully saturated rings. The fourth-order valence-corrected chi connectivity index (χ4v) is 11.0. The average molecular weight is 1570 g/mol. The van der Waals surface area contributed by atoms with E-state index < -0.39 is 223 Å². The largest absolute Gasteiger partial charge is 0.508 e. The third kappa shape index (κ3) is 32.1. The lowest BCUT2D eigenvalue weighted by molar-refractivity contribution is -0.143. The zero-order valence-corrected chi connectivity index (χ0v) is 61.3. The molecule has 15 unspecified atom stereocenters. The molecule has 0 radical (unpaired) electrons. The number of hydrogen-bond donors (Lipinski definition) is 25. The van der Waals surface area contributed by atoms with Crippen molar-refractivity contribution in [3.05, 3.63) is 59.7 Å². The number of hydrogen-bond acceptors (Lipinski definition) is 25. The van der Waals surface area contributed by atoms with Gasteiger partial charge in [0.2, 0.25) is 82.7 Å². The maximum atomic E-state index is 14.9. The maximum Gasteiger partial charge on any atom is 0.326 e. The van der Waals surface area contributed by atoms with Gasteiger partial charge in [-0.15, -0.1) is 0 Å². The fraction of sp³-hybridized carbons (Fsp3) is 0.545. The maximum absolute atomic E-state index is 14.9.